The number of para-hydroxylation sites is 2. The Bertz CT molecular complexity index is 1100. The van der Waals surface area contributed by atoms with Crippen LogP contribution in [0.3, 0.4) is 0 Å². The number of amides is 1. The van der Waals surface area contributed by atoms with Crippen LogP contribution in [0.5, 0.6) is 11.5 Å². The smallest absolute Gasteiger partial charge is 0.274 e. The van der Waals surface area contributed by atoms with E-state index in [-0.39, 0.29) is 12.0 Å². The number of rotatable bonds is 6. The lowest BCUT2D eigenvalue weighted by atomic mass is 10.1. The molecule has 1 atom stereocenters. The van der Waals surface area contributed by atoms with Gasteiger partial charge < -0.3 is 24.1 Å². The van der Waals surface area contributed by atoms with Crippen molar-refractivity contribution in [2.75, 3.05) is 26.2 Å². The van der Waals surface area contributed by atoms with Crippen LogP contribution in [0, 0.1) is 6.92 Å². The van der Waals surface area contributed by atoms with Crippen LogP contribution in [0.1, 0.15) is 47.4 Å². The van der Waals surface area contributed by atoms with Gasteiger partial charge in [0, 0.05) is 32.3 Å². The highest BCUT2D eigenvalue weighted by Crippen LogP contribution is 2.31. The van der Waals surface area contributed by atoms with E-state index in [4.69, 9.17) is 14.5 Å². The molecule has 0 bridgehead atoms. The second kappa shape index (κ2) is 9.20. The van der Waals surface area contributed by atoms with Crippen LogP contribution in [0.15, 0.2) is 42.6 Å². The minimum Gasteiger partial charge on any atom is -0.486 e. The van der Waals surface area contributed by atoms with Gasteiger partial charge in [0.2, 0.25) is 0 Å². The standard InChI is InChI=1S/C25H30N4O3/c1-18-8-7-15-29-20(23(27-24(18)29)25(30)28-13-5-2-6-14-28)16-26-12-11-19-17-31-21-9-3-4-10-22(21)32-19/h3-4,7-10,15,19,26H,2,5-6,11-14,16-17H2,1H3. The molecule has 7 heteroatoms. The van der Waals surface area contributed by atoms with Crippen LogP contribution in [-0.4, -0.2) is 52.5 Å². The van der Waals surface area contributed by atoms with Gasteiger partial charge >= 0.3 is 0 Å². The van der Waals surface area contributed by atoms with Gasteiger partial charge in [-0.1, -0.05) is 18.2 Å². The molecular formula is C25H30N4O3. The van der Waals surface area contributed by atoms with Gasteiger partial charge in [0.25, 0.3) is 5.91 Å². The number of hydrogen-bond acceptors (Lipinski definition) is 5. The first kappa shape index (κ1) is 20.8. The van der Waals surface area contributed by atoms with Crippen molar-refractivity contribution in [2.24, 2.45) is 0 Å². The van der Waals surface area contributed by atoms with Crippen LogP contribution < -0.4 is 14.8 Å². The fourth-order valence-electron chi connectivity index (χ4n) is 4.52. The van der Waals surface area contributed by atoms with Crippen molar-refractivity contribution in [1.82, 2.24) is 19.6 Å². The molecule has 7 nitrogen and oxygen atoms in total. The number of carbonyl (C=O) groups excluding carboxylic acids is 1. The van der Waals surface area contributed by atoms with Crippen molar-refractivity contribution in [3.63, 3.8) is 0 Å². The molecule has 5 rings (SSSR count). The van der Waals surface area contributed by atoms with E-state index in [1.54, 1.807) is 0 Å². The number of ether oxygens (including phenoxy) is 2. The number of pyridine rings is 1. The maximum atomic E-state index is 13.3. The number of nitrogens with one attached hydrogen (secondary N) is 1. The number of fused-ring (bicyclic) bond motifs is 2. The zero-order chi connectivity index (χ0) is 21.9. The van der Waals surface area contributed by atoms with Crippen molar-refractivity contribution < 1.29 is 14.3 Å². The molecule has 168 valence electrons. The molecule has 0 spiro atoms. The minimum atomic E-state index is 0.0104. The molecule has 2 aromatic heterocycles. The summed E-state index contributed by atoms with van der Waals surface area (Å²) in [5.74, 6) is 1.65. The molecular weight excluding hydrogens is 404 g/mol. The molecule has 1 N–H and O–H groups in total. The van der Waals surface area contributed by atoms with Crippen molar-refractivity contribution in [2.45, 2.75) is 45.3 Å². The van der Waals surface area contributed by atoms with Crippen LogP contribution in [0.2, 0.25) is 0 Å². The molecule has 1 saturated heterocycles. The average Bonchev–Trinajstić information content (AvgIpc) is 3.21. The SMILES string of the molecule is Cc1cccn2c(CNCCC3COc4ccccc4O3)c(C(=O)N3CCCCC3)nc12. The predicted octanol–water partition coefficient (Wildman–Crippen LogP) is 3.59. The topological polar surface area (TPSA) is 68.1 Å². The summed E-state index contributed by atoms with van der Waals surface area (Å²) in [6.45, 7) is 5.55. The minimum absolute atomic E-state index is 0.0104. The maximum absolute atomic E-state index is 13.3. The predicted molar refractivity (Wildman–Crippen MR) is 122 cm³/mol. The van der Waals surface area contributed by atoms with Crippen molar-refractivity contribution in [3.8, 4) is 11.5 Å². The van der Waals surface area contributed by atoms with Gasteiger partial charge in [-0.3, -0.25) is 4.79 Å². The molecule has 0 aliphatic carbocycles. The number of carbonyl (C=O) groups is 1. The molecule has 3 aromatic rings. The van der Waals surface area contributed by atoms with E-state index in [0.717, 1.165) is 67.3 Å². The Labute approximate surface area is 188 Å². The van der Waals surface area contributed by atoms with Gasteiger partial charge in [0.05, 0.1) is 5.69 Å². The van der Waals surface area contributed by atoms with Gasteiger partial charge in [-0.25, -0.2) is 4.98 Å². The molecule has 0 radical (unpaired) electrons. The molecule has 0 saturated carbocycles. The molecule has 4 heterocycles. The summed E-state index contributed by atoms with van der Waals surface area (Å²) in [5, 5.41) is 3.50. The largest absolute Gasteiger partial charge is 0.486 e. The molecule has 1 aromatic carbocycles. The highest BCUT2D eigenvalue weighted by atomic mass is 16.6. The van der Waals surface area contributed by atoms with Crippen LogP contribution in [0.4, 0.5) is 0 Å². The van der Waals surface area contributed by atoms with Crippen LogP contribution in [0.25, 0.3) is 5.65 Å². The summed E-state index contributed by atoms with van der Waals surface area (Å²) in [4.78, 5) is 20.0. The Morgan fingerprint density at radius 1 is 1.12 bits per heavy atom. The van der Waals surface area contributed by atoms with Gasteiger partial charge in [0.1, 0.15) is 18.4 Å². The van der Waals surface area contributed by atoms with E-state index in [2.05, 4.69) is 9.72 Å². The zero-order valence-corrected chi connectivity index (χ0v) is 18.5. The highest BCUT2D eigenvalue weighted by Gasteiger charge is 2.26. The van der Waals surface area contributed by atoms with E-state index in [1.807, 2.05) is 54.4 Å². The summed E-state index contributed by atoms with van der Waals surface area (Å²) in [6.07, 6.45) is 6.15. The molecule has 1 unspecified atom stereocenters. The first-order valence-electron chi connectivity index (χ1n) is 11.6. The van der Waals surface area contributed by atoms with Crippen LogP contribution in [-0.2, 0) is 6.54 Å². The van der Waals surface area contributed by atoms with E-state index < -0.39 is 0 Å². The zero-order valence-electron chi connectivity index (χ0n) is 18.5. The van der Waals surface area contributed by atoms with E-state index in [0.29, 0.717) is 18.8 Å². The molecule has 32 heavy (non-hydrogen) atoms. The van der Waals surface area contributed by atoms with Crippen molar-refractivity contribution in [3.05, 3.63) is 59.5 Å². The highest BCUT2D eigenvalue weighted by molar-refractivity contribution is 5.94. The second-order valence-corrected chi connectivity index (χ2v) is 8.61. The van der Waals surface area contributed by atoms with Crippen LogP contribution >= 0.6 is 0 Å². The summed E-state index contributed by atoms with van der Waals surface area (Å²) in [7, 11) is 0. The first-order chi connectivity index (χ1) is 15.7. The number of aryl methyl sites for hydroxylation is 1. The Morgan fingerprint density at radius 3 is 2.78 bits per heavy atom. The lowest BCUT2D eigenvalue weighted by molar-refractivity contribution is 0.0717. The third-order valence-corrected chi connectivity index (χ3v) is 6.29. The second-order valence-electron chi connectivity index (χ2n) is 8.61. The van der Waals surface area contributed by atoms with Gasteiger partial charge in [0.15, 0.2) is 17.2 Å². The molecule has 2 aliphatic heterocycles. The molecule has 1 fully saturated rings. The Hall–Kier alpha value is -3.06. The number of nitrogens with zero attached hydrogens (tertiary/aromatic N) is 3. The number of aromatic nitrogens is 2. The fraction of sp³-hybridized carbons (Fsp3) is 0.440. The Kier molecular flexibility index (Phi) is 5.99. The average molecular weight is 435 g/mol. The number of benzene rings is 1. The van der Waals surface area contributed by atoms with Gasteiger partial charge in [-0.15, -0.1) is 0 Å². The number of hydrogen-bond donors (Lipinski definition) is 1. The van der Waals surface area contributed by atoms with Crippen molar-refractivity contribution >= 4 is 11.6 Å². The lowest BCUT2D eigenvalue weighted by Crippen LogP contribution is -2.36. The Morgan fingerprint density at radius 2 is 1.94 bits per heavy atom. The number of imidazole rings is 1. The Balaban J connectivity index is 1.27. The fourth-order valence-corrected chi connectivity index (χ4v) is 4.52. The summed E-state index contributed by atoms with van der Waals surface area (Å²) < 4.78 is 13.9. The summed E-state index contributed by atoms with van der Waals surface area (Å²) in [5.41, 5.74) is 3.41. The molecule has 1 amide bonds. The summed E-state index contributed by atoms with van der Waals surface area (Å²) in [6, 6.07) is 11.8. The van der Waals surface area contributed by atoms with Gasteiger partial charge in [-0.05, 0) is 56.5 Å². The number of likely N-dealkylation sites (tertiary alicyclic amines) is 1. The van der Waals surface area contributed by atoms with Gasteiger partial charge in [-0.2, -0.15) is 0 Å². The monoisotopic (exact) mass is 434 g/mol. The normalized spacial score (nSPS) is 18.2. The number of piperidine rings is 1. The van der Waals surface area contributed by atoms with E-state index in [9.17, 15) is 4.79 Å². The maximum Gasteiger partial charge on any atom is 0.274 e. The quantitative estimate of drug-likeness (QED) is 0.601. The third-order valence-electron chi connectivity index (χ3n) is 6.29. The summed E-state index contributed by atoms with van der Waals surface area (Å²) >= 11 is 0. The lowest BCUT2D eigenvalue weighted by Gasteiger charge is -2.27. The van der Waals surface area contributed by atoms with Crippen molar-refractivity contribution in [1.29, 1.82) is 0 Å². The van der Waals surface area contributed by atoms with E-state index >= 15 is 0 Å². The third kappa shape index (κ3) is 4.17. The molecule has 2 aliphatic rings. The first-order valence-corrected chi connectivity index (χ1v) is 11.6. The van der Waals surface area contributed by atoms with E-state index in [1.165, 1.54) is 6.42 Å².